The van der Waals surface area contributed by atoms with Gasteiger partial charge in [0.15, 0.2) is 0 Å². The first-order chi connectivity index (χ1) is 16.9. The van der Waals surface area contributed by atoms with E-state index >= 15 is 0 Å². The fourth-order valence-corrected chi connectivity index (χ4v) is 4.61. The number of aliphatic hydroxyl groups excluding tert-OH is 1. The molecule has 3 heterocycles. The van der Waals surface area contributed by atoms with Crippen molar-refractivity contribution in [2.75, 3.05) is 26.8 Å². The zero-order valence-electron chi connectivity index (χ0n) is 19.4. The Kier molecular flexibility index (Phi) is 6.99. The molecule has 9 nitrogen and oxygen atoms in total. The average Bonchev–Trinajstić information content (AvgIpc) is 3.14. The summed E-state index contributed by atoms with van der Waals surface area (Å²) in [4.78, 5) is 45.9. The Balaban J connectivity index is 1.76. The molecular formula is C25H26FN3O6. The fourth-order valence-electron chi connectivity index (χ4n) is 4.61. The maximum atomic E-state index is 14.0. The van der Waals surface area contributed by atoms with Gasteiger partial charge in [-0.3, -0.25) is 14.6 Å². The van der Waals surface area contributed by atoms with Gasteiger partial charge in [0.05, 0.1) is 30.5 Å². The maximum Gasteiger partial charge on any atom is 0.409 e. The van der Waals surface area contributed by atoms with Crippen molar-refractivity contribution in [3.63, 3.8) is 0 Å². The summed E-state index contributed by atoms with van der Waals surface area (Å²) < 4.78 is 24.3. The first kappa shape index (κ1) is 24.2. The number of aromatic nitrogens is 1. The predicted molar refractivity (Wildman–Crippen MR) is 123 cm³/mol. The average molecular weight is 483 g/mol. The van der Waals surface area contributed by atoms with Gasteiger partial charge in [-0.25, -0.2) is 9.18 Å². The summed E-state index contributed by atoms with van der Waals surface area (Å²) in [6.45, 7) is 2.68. The summed E-state index contributed by atoms with van der Waals surface area (Å²) in [6, 6.07) is 7.26. The van der Waals surface area contributed by atoms with Crippen molar-refractivity contribution >= 4 is 23.5 Å². The third-order valence-corrected chi connectivity index (χ3v) is 6.25. The number of nitrogens with zero attached hydrogens (tertiary/aromatic N) is 3. The molecular weight excluding hydrogens is 457 g/mol. The third kappa shape index (κ3) is 4.55. The molecule has 10 heteroatoms. The van der Waals surface area contributed by atoms with Crippen molar-refractivity contribution in [3.05, 3.63) is 65.2 Å². The summed E-state index contributed by atoms with van der Waals surface area (Å²) in [5, 5.41) is 11.2. The number of Topliss-reactive ketones (excluding diaryl/α,β-unsaturated/α-hetero) is 1. The lowest BCUT2D eigenvalue weighted by atomic mass is 9.96. The van der Waals surface area contributed by atoms with Crippen molar-refractivity contribution < 1.29 is 33.4 Å². The summed E-state index contributed by atoms with van der Waals surface area (Å²) in [6.07, 6.45) is 1.94. The van der Waals surface area contributed by atoms with Gasteiger partial charge >= 0.3 is 6.09 Å². The van der Waals surface area contributed by atoms with E-state index in [1.165, 1.54) is 30.3 Å². The number of piperidine rings is 1. The number of ketones is 1. The molecule has 1 unspecified atom stereocenters. The lowest BCUT2D eigenvalue weighted by molar-refractivity contribution is -0.142. The van der Waals surface area contributed by atoms with Gasteiger partial charge < -0.3 is 24.4 Å². The van der Waals surface area contributed by atoms with Gasteiger partial charge in [-0.15, -0.1) is 0 Å². The van der Waals surface area contributed by atoms with E-state index in [2.05, 4.69) is 4.98 Å². The van der Waals surface area contributed by atoms with E-state index in [0.717, 1.165) is 6.07 Å². The molecule has 1 aromatic carbocycles. The minimum absolute atomic E-state index is 0.0384. The van der Waals surface area contributed by atoms with Crippen molar-refractivity contribution in [2.24, 2.45) is 0 Å². The Bertz CT molecular complexity index is 1160. The van der Waals surface area contributed by atoms with E-state index in [1.807, 2.05) is 0 Å². The molecule has 2 saturated heterocycles. The highest BCUT2D eigenvalue weighted by molar-refractivity contribution is 6.46. The van der Waals surface area contributed by atoms with Crippen molar-refractivity contribution in [2.45, 2.75) is 31.8 Å². The summed E-state index contributed by atoms with van der Waals surface area (Å²) in [7, 11) is 1.36. The van der Waals surface area contributed by atoms with Gasteiger partial charge in [-0.2, -0.15) is 0 Å². The number of amides is 2. The molecule has 1 N–H and O–H groups in total. The highest BCUT2D eigenvalue weighted by Crippen LogP contribution is 2.42. The van der Waals surface area contributed by atoms with Gasteiger partial charge in [0.25, 0.3) is 11.7 Å². The lowest BCUT2D eigenvalue weighted by Gasteiger charge is -2.38. The van der Waals surface area contributed by atoms with Crippen molar-refractivity contribution in [1.82, 2.24) is 14.8 Å². The largest absolute Gasteiger partial charge is 0.507 e. The maximum absolute atomic E-state index is 14.0. The monoisotopic (exact) mass is 483 g/mol. The summed E-state index contributed by atoms with van der Waals surface area (Å²) in [5.74, 6) is -2.70. The molecule has 1 atom stereocenters. The van der Waals surface area contributed by atoms with E-state index in [0.29, 0.717) is 31.6 Å². The number of hydrogen-bond donors (Lipinski definition) is 1. The van der Waals surface area contributed by atoms with Crippen LogP contribution in [0, 0.1) is 5.82 Å². The number of pyridine rings is 1. The smallest absolute Gasteiger partial charge is 0.409 e. The molecule has 0 aliphatic carbocycles. The zero-order chi connectivity index (χ0) is 25.1. The topological polar surface area (TPSA) is 109 Å². The predicted octanol–water partition coefficient (Wildman–Crippen LogP) is 3.27. The second-order valence-corrected chi connectivity index (χ2v) is 8.22. The molecule has 0 bridgehead atoms. The van der Waals surface area contributed by atoms with Crippen molar-refractivity contribution in [1.29, 1.82) is 0 Å². The van der Waals surface area contributed by atoms with E-state index < -0.39 is 35.4 Å². The highest BCUT2D eigenvalue weighted by Gasteiger charge is 2.50. The van der Waals surface area contributed by atoms with Crippen LogP contribution in [0.25, 0.3) is 5.76 Å². The van der Waals surface area contributed by atoms with Crippen LogP contribution in [-0.4, -0.2) is 70.5 Å². The summed E-state index contributed by atoms with van der Waals surface area (Å²) in [5.41, 5.74) is 0.158. The van der Waals surface area contributed by atoms with E-state index in [-0.39, 0.29) is 29.5 Å². The highest BCUT2D eigenvalue weighted by atomic mass is 19.1. The van der Waals surface area contributed by atoms with Crippen LogP contribution >= 0.6 is 0 Å². The lowest BCUT2D eigenvalue weighted by Crippen LogP contribution is -2.48. The standard InChI is InChI=1S/C25H26FN3O6/c1-3-35-25(33)28-12-9-16(10-13-28)29-21(18-6-4-5-11-27-18)20(23(31)24(29)32)22(30)17-14-15(26)7-8-19(17)34-2/h4-8,11,14,16,21,30H,3,9-10,12-13H2,1-2H3/b22-20+. The number of rotatable bonds is 5. The number of hydrogen-bond acceptors (Lipinski definition) is 7. The molecule has 4 rings (SSSR count). The van der Waals surface area contributed by atoms with Crippen LogP contribution in [0.3, 0.4) is 0 Å². The molecule has 35 heavy (non-hydrogen) atoms. The van der Waals surface area contributed by atoms with Gasteiger partial charge in [0.1, 0.15) is 23.4 Å². The van der Waals surface area contributed by atoms with Gasteiger partial charge in [-0.1, -0.05) is 6.07 Å². The quantitative estimate of drug-likeness (QED) is 0.395. The molecule has 2 fully saturated rings. The van der Waals surface area contributed by atoms with E-state index in [4.69, 9.17) is 9.47 Å². The van der Waals surface area contributed by atoms with Gasteiger partial charge in [0.2, 0.25) is 0 Å². The summed E-state index contributed by atoms with van der Waals surface area (Å²) >= 11 is 0. The molecule has 0 spiro atoms. The van der Waals surface area contributed by atoms with Crippen molar-refractivity contribution in [3.8, 4) is 5.75 Å². The minimum atomic E-state index is -0.983. The zero-order valence-corrected chi connectivity index (χ0v) is 19.4. The van der Waals surface area contributed by atoms with Gasteiger partial charge in [0, 0.05) is 25.3 Å². The third-order valence-electron chi connectivity index (χ3n) is 6.25. The van der Waals surface area contributed by atoms with Crippen LogP contribution in [0.5, 0.6) is 5.75 Å². The van der Waals surface area contributed by atoms with Crippen LogP contribution in [0.1, 0.15) is 37.1 Å². The van der Waals surface area contributed by atoms with Gasteiger partial charge in [-0.05, 0) is 50.1 Å². The number of methoxy groups -OCH3 is 1. The number of aliphatic hydroxyl groups is 1. The second-order valence-electron chi connectivity index (χ2n) is 8.22. The molecule has 2 aromatic rings. The molecule has 0 radical (unpaired) electrons. The van der Waals surface area contributed by atoms with E-state index in [9.17, 15) is 23.9 Å². The van der Waals surface area contributed by atoms with E-state index in [1.54, 1.807) is 30.0 Å². The fraction of sp³-hybridized carbons (Fsp3) is 0.360. The SMILES string of the molecule is CCOC(=O)N1CCC(N2C(=O)C(=O)/C(=C(/O)c3cc(F)ccc3OC)C2c2ccccn2)CC1. The van der Waals surface area contributed by atoms with Crippen LogP contribution in [0.15, 0.2) is 48.2 Å². The Morgan fingerprint density at radius 1 is 1.20 bits per heavy atom. The normalized spacial score (nSPS) is 20.3. The molecule has 2 amide bonds. The number of carbonyl (C=O) groups is 3. The first-order valence-corrected chi connectivity index (χ1v) is 11.3. The Labute approximate surface area is 201 Å². The van der Waals surface area contributed by atoms with Crippen LogP contribution < -0.4 is 4.74 Å². The second kappa shape index (κ2) is 10.1. The molecule has 2 aliphatic rings. The van der Waals surface area contributed by atoms with Crippen LogP contribution in [0.2, 0.25) is 0 Å². The first-order valence-electron chi connectivity index (χ1n) is 11.3. The number of ether oxygens (including phenoxy) is 2. The van der Waals surface area contributed by atoms with Crippen LogP contribution in [0.4, 0.5) is 9.18 Å². The number of carbonyl (C=O) groups excluding carboxylic acids is 3. The minimum Gasteiger partial charge on any atom is -0.507 e. The number of halogens is 1. The Morgan fingerprint density at radius 3 is 2.57 bits per heavy atom. The Morgan fingerprint density at radius 2 is 1.94 bits per heavy atom. The molecule has 1 aromatic heterocycles. The number of benzene rings is 1. The Hall–Kier alpha value is -3.95. The molecule has 184 valence electrons. The molecule has 0 saturated carbocycles. The number of likely N-dealkylation sites (tertiary alicyclic amines) is 2. The van der Waals surface area contributed by atoms with Crippen LogP contribution in [-0.2, 0) is 14.3 Å². The molecule has 2 aliphatic heterocycles.